The van der Waals surface area contributed by atoms with Crippen LogP contribution in [0.5, 0.6) is 0 Å². The van der Waals surface area contributed by atoms with E-state index >= 15 is 0 Å². The molecule has 1 saturated carbocycles. The van der Waals surface area contributed by atoms with Gasteiger partial charge in [-0.25, -0.2) is 4.98 Å². The summed E-state index contributed by atoms with van der Waals surface area (Å²) in [5.41, 5.74) is 0. The van der Waals surface area contributed by atoms with Crippen LogP contribution in [0.3, 0.4) is 0 Å². The van der Waals surface area contributed by atoms with E-state index in [0.29, 0.717) is 11.1 Å². The zero-order chi connectivity index (χ0) is 9.97. The molecule has 1 heterocycles. The lowest BCUT2D eigenvalue weighted by Gasteiger charge is -2.21. The molecule has 1 aliphatic rings. The first-order chi connectivity index (χ1) is 6.81. The third-order valence-electron chi connectivity index (χ3n) is 2.32. The van der Waals surface area contributed by atoms with Crippen molar-refractivity contribution < 1.29 is 0 Å². The zero-order valence-electron chi connectivity index (χ0n) is 7.99. The van der Waals surface area contributed by atoms with Gasteiger partial charge in [0.25, 0.3) is 0 Å². The first-order valence-corrected chi connectivity index (χ1v) is 5.18. The molecule has 14 heavy (non-hydrogen) atoms. The Labute approximate surface area is 89.2 Å². The molecule has 0 amide bonds. The molecule has 3 heteroatoms. The van der Waals surface area contributed by atoms with Gasteiger partial charge in [-0.3, -0.25) is 0 Å². The van der Waals surface area contributed by atoms with Crippen molar-refractivity contribution in [3.63, 3.8) is 0 Å². The molecule has 0 bridgehead atoms. The van der Waals surface area contributed by atoms with Crippen LogP contribution in [-0.4, -0.2) is 17.6 Å². The Bertz CT molecular complexity index is 317. The topological polar surface area (TPSA) is 16.1 Å². The molecule has 0 unspecified atom stereocenters. The van der Waals surface area contributed by atoms with E-state index in [2.05, 4.69) is 16.5 Å². The molecular formula is C11H13ClN2. The van der Waals surface area contributed by atoms with Crippen molar-refractivity contribution in [1.82, 2.24) is 4.98 Å². The maximum atomic E-state index is 5.79. The fourth-order valence-corrected chi connectivity index (χ4v) is 1.60. The second-order valence-corrected chi connectivity index (χ2v) is 3.94. The SMILES string of the molecule is C=CCN(c1ccc(Cl)cn1)C1CC1. The minimum atomic E-state index is 0.654. The molecule has 1 fully saturated rings. The Balaban J connectivity index is 2.16. The Morgan fingerprint density at radius 2 is 2.36 bits per heavy atom. The maximum absolute atomic E-state index is 5.79. The number of anilines is 1. The molecule has 0 radical (unpaired) electrons. The highest BCUT2D eigenvalue weighted by molar-refractivity contribution is 6.30. The van der Waals surface area contributed by atoms with E-state index in [1.807, 2.05) is 18.2 Å². The summed E-state index contributed by atoms with van der Waals surface area (Å²) in [6.07, 6.45) is 6.13. The molecule has 0 atom stereocenters. The van der Waals surface area contributed by atoms with E-state index in [0.717, 1.165) is 12.4 Å². The standard InChI is InChI=1S/C11H13ClN2/c1-2-7-14(10-4-5-10)11-6-3-9(12)8-13-11/h2-3,6,8,10H,1,4-5,7H2. The van der Waals surface area contributed by atoms with Crippen LogP contribution < -0.4 is 4.90 Å². The van der Waals surface area contributed by atoms with Gasteiger partial charge in [-0.1, -0.05) is 17.7 Å². The van der Waals surface area contributed by atoms with Crippen molar-refractivity contribution in [3.05, 3.63) is 36.0 Å². The molecule has 1 aromatic heterocycles. The summed E-state index contributed by atoms with van der Waals surface area (Å²) in [6, 6.07) is 4.49. The lowest BCUT2D eigenvalue weighted by Crippen LogP contribution is -2.26. The van der Waals surface area contributed by atoms with Gasteiger partial charge in [0.05, 0.1) is 5.02 Å². The van der Waals surface area contributed by atoms with Crippen molar-refractivity contribution in [2.75, 3.05) is 11.4 Å². The van der Waals surface area contributed by atoms with E-state index < -0.39 is 0 Å². The lowest BCUT2D eigenvalue weighted by molar-refractivity contribution is 0.841. The van der Waals surface area contributed by atoms with Crippen molar-refractivity contribution in [2.45, 2.75) is 18.9 Å². The number of halogens is 1. The minimum absolute atomic E-state index is 0.654. The quantitative estimate of drug-likeness (QED) is 0.708. The van der Waals surface area contributed by atoms with Gasteiger partial charge in [-0.15, -0.1) is 6.58 Å². The van der Waals surface area contributed by atoms with Crippen LogP contribution in [-0.2, 0) is 0 Å². The highest BCUT2D eigenvalue weighted by atomic mass is 35.5. The van der Waals surface area contributed by atoms with Crippen LogP contribution in [0.1, 0.15) is 12.8 Å². The second-order valence-electron chi connectivity index (χ2n) is 3.51. The highest BCUT2D eigenvalue weighted by Crippen LogP contribution is 2.30. The summed E-state index contributed by atoms with van der Waals surface area (Å²) < 4.78 is 0. The van der Waals surface area contributed by atoms with Crippen LogP contribution in [0.25, 0.3) is 0 Å². The fourth-order valence-electron chi connectivity index (χ4n) is 1.49. The van der Waals surface area contributed by atoms with Crippen molar-refractivity contribution in [2.24, 2.45) is 0 Å². The van der Waals surface area contributed by atoms with E-state index in [4.69, 9.17) is 11.6 Å². The van der Waals surface area contributed by atoms with Crippen LogP contribution in [0.15, 0.2) is 31.0 Å². The van der Waals surface area contributed by atoms with Gasteiger partial charge in [0, 0.05) is 18.8 Å². The molecule has 1 aliphatic carbocycles. The molecule has 2 nitrogen and oxygen atoms in total. The third-order valence-corrected chi connectivity index (χ3v) is 2.54. The Morgan fingerprint density at radius 3 is 2.86 bits per heavy atom. The van der Waals surface area contributed by atoms with E-state index in [9.17, 15) is 0 Å². The van der Waals surface area contributed by atoms with Crippen LogP contribution in [0.2, 0.25) is 5.02 Å². The van der Waals surface area contributed by atoms with Gasteiger partial charge in [0.2, 0.25) is 0 Å². The summed E-state index contributed by atoms with van der Waals surface area (Å²) >= 11 is 5.79. The highest BCUT2D eigenvalue weighted by Gasteiger charge is 2.28. The normalized spacial score (nSPS) is 15.2. The van der Waals surface area contributed by atoms with Crippen molar-refractivity contribution >= 4 is 17.4 Å². The summed E-state index contributed by atoms with van der Waals surface area (Å²) in [5.74, 6) is 0.997. The maximum Gasteiger partial charge on any atom is 0.129 e. The molecule has 0 aromatic carbocycles. The summed E-state index contributed by atoms with van der Waals surface area (Å²) in [6.45, 7) is 4.62. The summed E-state index contributed by atoms with van der Waals surface area (Å²) in [4.78, 5) is 6.57. The predicted octanol–water partition coefficient (Wildman–Crippen LogP) is 2.89. The Kier molecular flexibility index (Phi) is 2.73. The van der Waals surface area contributed by atoms with Crippen molar-refractivity contribution in [3.8, 4) is 0 Å². The zero-order valence-corrected chi connectivity index (χ0v) is 8.74. The van der Waals surface area contributed by atoms with Crippen LogP contribution >= 0.6 is 11.6 Å². The average Bonchev–Trinajstić information content (AvgIpc) is 2.99. The number of hydrogen-bond acceptors (Lipinski definition) is 2. The van der Waals surface area contributed by atoms with Gasteiger partial charge < -0.3 is 4.90 Å². The number of aromatic nitrogens is 1. The van der Waals surface area contributed by atoms with E-state index in [-0.39, 0.29) is 0 Å². The molecule has 1 aromatic rings. The Hall–Kier alpha value is -1.02. The third kappa shape index (κ3) is 2.07. The number of nitrogens with zero attached hydrogens (tertiary/aromatic N) is 2. The summed E-state index contributed by atoms with van der Waals surface area (Å²) in [5, 5.41) is 0.683. The molecule has 2 rings (SSSR count). The summed E-state index contributed by atoms with van der Waals surface area (Å²) in [7, 11) is 0. The van der Waals surface area contributed by atoms with Crippen LogP contribution in [0.4, 0.5) is 5.82 Å². The number of hydrogen-bond donors (Lipinski definition) is 0. The van der Waals surface area contributed by atoms with Crippen molar-refractivity contribution in [1.29, 1.82) is 0 Å². The molecule has 0 aliphatic heterocycles. The monoisotopic (exact) mass is 208 g/mol. The second kappa shape index (κ2) is 4.01. The van der Waals surface area contributed by atoms with Gasteiger partial charge in [0.15, 0.2) is 0 Å². The van der Waals surface area contributed by atoms with Gasteiger partial charge >= 0.3 is 0 Å². The Morgan fingerprint density at radius 1 is 1.57 bits per heavy atom. The minimum Gasteiger partial charge on any atom is -0.350 e. The van der Waals surface area contributed by atoms with E-state index in [1.54, 1.807) is 6.20 Å². The first kappa shape index (κ1) is 9.53. The first-order valence-electron chi connectivity index (χ1n) is 4.80. The largest absolute Gasteiger partial charge is 0.350 e. The fraction of sp³-hybridized carbons (Fsp3) is 0.364. The van der Waals surface area contributed by atoms with Crippen LogP contribution in [0, 0.1) is 0 Å². The smallest absolute Gasteiger partial charge is 0.129 e. The molecule has 0 spiro atoms. The average molecular weight is 209 g/mol. The molecule has 0 N–H and O–H groups in total. The van der Waals surface area contributed by atoms with Gasteiger partial charge in [-0.2, -0.15) is 0 Å². The van der Waals surface area contributed by atoms with Gasteiger partial charge in [0.1, 0.15) is 5.82 Å². The lowest BCUT2D eigenvalue weighted by atomic mass is 10.4. The molecule has 0 saturated heterocycles. The molecule has 74 valence electrons. The van der Waals surface area contributed by atoms with E-state index in [1.165, 1.54) is 12.8 Å². The molecular weight excluding hydrogens is 196 g/mol. The number of rotatable bonds is 4. The van der Waals surface area contributed by atoms with Gasteiger partial charge in [-0.05, 0) is 25.0 Å². The predicted molar refractivity (Wildman–Crippen MR) is 59.8 cm³/mol. The number of pyridine rings is 1.